The van der Waals surface area contributed by atoms with Crippen LogP contribution in [0.4, 0.5) is 15.4 Å². The molecule has 1 aliphatic carbocycles. The number of rotatable bonds is 11. The lowest BCUT2D eigenvalue weighted by atomic mass is 10.0. The third kappa shape index (κ3) is 7.22. The predicted molar refractivity (Wildman–Crippen MR) is 166 cm³/mol. The number of aliphatic hydroxyl groups is 1. The number of nitrogens with one attached hydrogen (secondary N) is 1. The van der Waals surface area contributed by atoms with Crippen LogP contribution >= 0.6 is 0 Å². The Morgan fingerprint density at radius 1 is 1.15 bits per heavy atom. The second-order valence-electron chi connectivity index (χ2n) is 11.9. The molecule has 3 aliphatic rings. The molecule has 0 spiro atoms. The summed E-state index contributed by atoms with van der Waals surface area (Å²) < 4.78 is 51.5. The maximum Gasteiger partial charge on any atom is 0.435 e. The first-order valence-corrected chi connectivity index (χ1v) is 17.1. The van der Waals surface area contributed by atoms with Gasteiger partial charge in [0, 0.05) is 5.39 Å². The summed E-state index contributed by atoms with van der Waals surface area (Å²) in [6, 6.07) is 12.2. The summed E-state index contributed by atoms with van der Waals surface area (Å²) in [5.41, 5.74) is 7.09. The number of nitrogens with two attached hydrogens (primary N) is 1. The van der Waals surface area contributed by atoms with Gasteiger partial charge in [-0.2, -0.15) is 4.68 Å². The molecule has 4 N–H and O–H groups in total. The van der Waals surface area contributed by atoms with Crippen molar-refractivity contribution in [3.05, 3.63) is 54.1 Å². The molecule has 2 saturated heterocycles. The van der Waals surface area contributed by atoms with Crippen molar-refractivity contribution in [3.8, 4) is 0 Å². The Balaban J connectivity index is 1.25. The van der Waals surface area contributed by atoms with E-state index in [1.54, 1.807) is 0 Å². The molecule has 3 fully saturated rings. The fourth-order valence-corrected chi connectivity index (χ4v) is 7.61. The SMILES string of the molecule is COC(=O)n1nc(N)c2cc(S(=O)(=O)N(C[C@@H](O)[C@H](Cc3ccccc3)NC(=O)O[C@H]3CO[C@H]4OCC[C@H]43)OC3CCCC3)ccc21. The van der Waals surface area contributed by atoms with Gasteiger partial charge in [-0.3, -0.25) is 4.84 Å². The number of carbonyl (C=O) groups excluding carboxylic acids is 2. The van der Waals surface area contributed by atoms with Gasteiger partial charge in [-0.25, -0.2) is 18.0 Å². The zero-order chi connectivity index (χ0) is 33.1. The highest BCUT2D eigenvalue weighted by molar-refractivity contribution is 7.89. The molecule has 1 aromatic heterocycles. The van der Waals surface area contributed by atoms with Gasteiger partial charge >= 0.3 is 12.2 Å². The molecule has 16 heteroatoms. The topological polar surface area (TPSA) is 194 Å². The van der Waals surface area contributed by atoms with Gasteiger partial charge in [0.05, 0.1) is 61.4 Å². The molecular weight excluding hydrogens is 634 g/mol. The van der Waals surface area contributed by atoms with E-state index >= 15 is 0 Å². The van der Waals surface area contributed by atoms with Gasteiger partial charge in [-0.1, -0.05) is 47.6 Å². The van der Waals surface area contributed by atoms with Gasteiger partial charge in [0.1, 0.15) is 6.10 Å². The van der Waals surface area contributed by atoms with Crippen LogP contribution in [0.5, 0.6) is 0 Å². The van der Waals surface area contributed by atoms with E-state index in [2.05, 4.69) is 10.4 Å². The van der Waals surface area contributed by atoms with E-state index in [1.165, 1.54) is 25.3 Å². The Labute approximate surface area is 271 Å². The number of ether oxygens (including phenoxy) is 4. The summed E-state index contributed by atoms with van der Waals surface area (Å²) in [7, 11) is -3.21. The number of hydrogen-bond acceptors (Lipinski definition) is 12. The van der Waals surface area contributed by atoms with Crippen molar-refractivity contribution in [2.24, 2.45) is 5.92 Å². The monoisotopic (exact) mass is 673 g/mol. The first kappa shape index (κ1) is 33.1. The van der Waals surface area contributed by atoms with E-state index in [0.717, 1.165) is 27.6 Å². The molecule has 15 nitrogen and oxygen atoms in total. The van der Waals surface area contributed by atoms with Crippen LogP contribution in [-0.2, 0) is 40.2 Å². The average molecular weight is 674 g/mol. The number of hydroxylamine groups is 1. The molecule has 2 aliphatic heterocycles. The van der Waals surface area contributed by atoms with Crippen LogP contribution < -0.4 is 11.1 Å². The van der Waals surface area contributed by atoms with Crippen LogP contribution in [0.2, 0.25) is 0 Å². The lowest BCUT2D eigenvalue weighted by molar-refractivity contribution is -0.145. The molecule has 254 valence electrons. The number of fused-ring (bicyclic) bond motifs is 2. The van der Waals surface area contributed by atoms with Crippen molar-refractivity contribution in [2.45, 2.75) is 74.1 Å². The molecule has 47 heavy (non-hydrogen) atoms. The van der Waals surface area contributed by atoms with Gasteiger partial charge in [-0.05, 0) is 49.4 Å². The normalized spacial score (nSPS) is 22.7. The number of amides is 1. The third-order valence-corrected chi connectivity index (χ3v) is 10.4. The van der Waals surface area contributed by atoms with Gasteiger partial charge in [0.2, 0.25) is 0 Å². The molecule has 5 atom stereocenters. The minimum Gasteiger partial charge on any atom is -0.451 e. The fraction of sp³-hybridized carbons (Fsp3) is 0.516. The Hall–Kier alpha value is -3.80. The quantitative estimate of drug-likeness (QED) is 0.252. The van der Waals surface area contributed by atoms with Crippen LogP contribution in [0, 0.1) is 5.92 Å². The van der Waals surface area contributed by atoms with Crippen LogP contribution in [0.3, 0.4) is 0 Å². The van der Waals surface area contributed by atoms with Crippen molar-refractivity contribution >= 4 is 38.9 Å². The molecule has 3 heterocycles. The molecular formula is C31H39N5O10S. The number of carbonyl (C=O) groups is 2. The number of alkyl carbamates (subject to hydrolysis) is 1. The van der Waals surface area contributed by atoms with E-state index in [4.69, 9.17) is 29.5 Å². The molecule has 0 unspecified atom stereocenters. The number of hydrogen-bond donors (Lipinski definition) is 3. The number of aromatic nitrogens is 2. The maximum absolute atomic E-state index is 14.1. The number of benzene rings is 2. The number of anilines is 1. The smallest absolute Gasteiger partial charge is 0.435 e. The minimum atomic E-state index is -4.40. The summed E-state index contributed by atoms with van der Waals surface area (Å²) in [6.45, 7) is 0.213. The third-order valence-electron chi connectivity index (χ3n) is 8.81. The molecule has 0 bridgehead atoms. The molecule has 0 radical (unpaired) electrons. The van der Waals surface area contributed by atoms with Crippen LogP contribution in [0.15, 0.2) is 53.4 Å². The fourth-order valence-electron chi connectivity index (χ4n) is 6.28. The summed E-state index contributed by atoms with van der Waals surface area (Å²) in [6.07, 6.45) is -0.355. The van der Waals surface area contributed by atoms with E-state index in [0.29, 0.717) is 25.9 Å². The van der Waals surface area contributed by atoms with Crippen molar-refractivity contribution < 1.29 is 46.9 Å². The number of nitrogens with zero attached hydrogens (tertiary/aromatic N) is 3. The van der Waals surface area contributed by atoms with Gasteiger partial charge in [0.25, 0.3) is 10.0 Å². The average Bonchev–Trinajstić information content (AvgIpc) is 3.88. The lowest BCUT2D eigenvalue weighted by Crippen LogP contribution is -2.51. The van der Waals surface area contributed by atoms with Crippen molar-refractivity contribution in [2.75, 3.05) is 32.6 Å². The maximum atomic E-state index is 14.1. The van der Waals surface area contributed by atoms with Crippen LogP contribution in [-0.4, -0.2) is 97.5 Å². The highest BCUT2D eigenvalue weighted by atomic mass is 32.2. The first-order valence-electron chi connectivity index (χ1n) is 15.6. The zero-order valence-electron chi connectivity index (χ0n) is 25.9. The van der Waals surface area contributed by atoms with Gasteiger partial charge in [0.15, 0.2) is 12.1 Å². The van der Waals surface area contributed by atoms with Crippen molar-refractivity contribution in [1.82, 2.24) is 19.6 Å². The van der Waals surface area contributed by atoms with Crippen LogP contribution in [0.1, 0.15) is 37.7 Å². The molecule has 1 saturated carbocycles. The van der Waals surface area contributed by atoms with E-state index in [9.17, 15) is 23.1 Å². The van der Waals surface area contributed by atoms with Crippen molar-refractivity contribution in [1.29, 1.82) is 0 Å². The summed E-state index contributed by atoms with van der Waals surface area (Å²) in [4.78, 5) is 31.2. The number of sulfonamides is 1. The van der Waals surface area contributed by atoms with E-state index < -0.39 is 53.3 Å². The van der Waals surface area contributed by atoms with Gasteiger partial charge < -0.3 is 35.1 Å². The highest BCUT2D eigenvalue weighted by Gasteiger charge is 2.44. The highest BCUT2D eigenvalue weighted by Crippen LogP contribution is 2.33. The second kappa shape index (κ2) is 14.1. The number of methoxy groups -OCH3 is 1. The van der Waals surface area contributed by atoms with E-state index in [-0.39, 0.29) is 46.7 Å². The molecule has 1 amide bonds. The molecule has 2 aromatic carbocycles. The first-order chi connectivity index (χ1) is 22.6. The summed E-state index contributed by atoms with van der Waals surface area (Å²) in [5, 5.41) is 18.6. The molecule has 3 aromatic rings. The number of aliphatic hydroxyl groups excluding tert-OH is 1. The Bertz CT molecular complexity index is 1680. The largest absolute Gasteiger partial charge is 0.451 e. The zero-order valence-corrected chi connectivity index (χ0v) is 26.7. The van der Waals surface area contributed by atoms with Crippen molar-refractivity contribution in [3.63, 3.8) is 0 Å². The van der Waals surface area contributed by atoms with Crippen LogP contribution in [0.25, 0.3) is 10.9 Å². The summed E-state index contributed by atoms with van der Waals surface area (Å²) >= 11 is 0. The number of nitrogen functional groups attached to an aromatic ring is 1. The Morgan fingerprint density at radius 2 is 1.91 bits per heavy atom. The predicted octanol–water partition coefficient (Wildman–Crippen LogP) is 2.56. The standard InChI is InChI=1S/C31H39N5O10S/c1-42-31(39)36-25-12-11-21(16-23(25)28(32)34-36)47(40,41)35(46-20-9-5-6-10-20)17-26(37)24(15-19-7-3-2-4-8-19)33-30(38)45-27-18-44-29-22(27)13-14-43-29/h2-4,7-8,11-12,16,20,22,24,26-27,29,37H,5-6,9-10,13-15,17-18H2,1H3,(H2,32,34)(H,33,38)/t22-,24-,26+,27-,29+/m0/s1. The minimum absolute atomic E-state index is 0.0699. The summed E-state index contributed by atoms with van der Waals surface area (Å²) in [5.74, 6) is -0.149. The van der Waals surface area contributed by atoms with Gasteiger partial charge in [-0.15, -0.1) is 5.10 Å². The second-order valence-corrected chi connectivity index (χ2v) is 13.8. The lowest BCUT2D eigenvalue weighted by Gasteiger charge is -2.31. The molecule has 6 rings (SSSR count). The Kier molecular flexibility index (Phi) is 9.96. The Morgan fingerprint density at radius 3 is 2.66 bits per heavy atom. The van der Waals surface area contributed by atoms with E-state index in [1.807, 2.05) is 30.3 Å².